The van der Waals surface area contributed by atoms with E-state index in [2.05, 4.69) is 49.1 Å². The number of pyridine rings is 4. The number of rotatable bonds is 9. The van der Waals surface area contributed by atoms with Gasteiger partial charge in [-0.05, 0) is 50.1 Å². The van der Waals surface area contributed by atoms with Gasteiger partial charge in [-0.1, -0.05) is 6.07 Å². The molecular formula is C34H34N8O3. The Labute approximate surface area is 261 Å². The lowest BCUT2D eigenvalue weighted by atomic mass is 9.87. The van der Waals surface area contributed by atoms with Gasteiger partial charge in [0.05, 0.1) is 30.0 Å². The van der Waals surface area contributed by atoms with E-state index < -0.39 is 5.60 Å². The van der Waals surface area contributed by atoms with Crippen molar-refractivity contribution in [2.24, 2.45) is 0 Å². The molecule has 3 fully saturated rings. The average Bonchev–Trinajstić information content (AvgIpc) is 3.49. The zero-order chi connectivity index (χ0) is 31.1. The maximum atomic E-state index is 9.95. The number of methoxy groups -OCH3 is 1. The zero-order valence-electron chi connectivity index (χ0n) is 25.5. The molecule has 0 saturated carbocycles. The van der Waals surface area contributed by atoms with Gasteiger partial charge in [-0.25, -0.2) is 19.5 Å². The lowest BCUT2D eigenvalue weighted by Gasteiger charge is -2.56. The fourth-order valence-electron chi connectivity index (χ4n) is 6.17. The molecule has 3 aliphatic heterocycles. The number of fused-ring (bicyclic) bond motifs is 3. The van der Waals surface area contributed by atoms with Crippen LogP contribution in [-0.4, -0.2) is 79.1 Å². The van der Waals surface area contributed by atoms with E-state index in [4.69, 9.17) is 14.5 Å². The summed E-state index contributed by atoms with van der Waals surface area (Å²) in [6.45, 7) is 6.25. The molecule has 8 rings (SSSR count). The minimum Gasteiger partial charge on any atom is -0.481 e. The Morgan fingerprint density at radius 2 is 1.69 bits per heavy atom. The van der Waals surface area contributed by atoms with Crippen LogP contribution in [0.2, 0.25) is 0 Å². The molecule has 0 aromatic carbocycles. The van der Waals surface area contributed by atoms with Gasteiger partial charge >= 0.3 is 0 Å². The molecule has 0 spiro atoms. The van der Waals surface area contributed by atoms with Gasteiger partial charge in [0.15, 0.2) is 0 Å². The zero-order valence-corrected chi connectivity index (χ0v) is 25.5. The molecule has 5 aromatic heterocycles. The van der Waals surface area contributed by atoms with Crippen molar-refractivity contribution in [3.8, 4) is 40.1 Å². The third-order valence-electron chi connectivity index (χ3n) is 8.47. The number of aliphatic hydroxyl groups is 1. The Morgan fingerprint density at radius 1 is 0.933 bits per heavy atom. The third kappa shape index (κ3) is 5.78. The van der Waals surface area contributed by atoms with Gasteiger partial charge in [-0.2, -0.15) is 10.4 Å². The number of hydrogen-bond acceptors (Lipinski definition) is 10. The molecule has 0 amide bonds. The largest absolute Gasteiger partial charge is 0.481 e. The minimum absolute atomic E-state index is 0.140. The standard InChI is InChI=1S/C34H34N8O3/c1-34(2,43)21-45-32-9-6-23(14-38-32)25-10-29(33-26(12-35)16-39-42(33)18-25)24-5-7-30(36-15-24)40-19-27-11-28(20-40)41(27)17-22-4-8-31(44-3)37-13-22/h4-10,13-16,18,27-28,43H,11,17,19-21H2,1-3H3. The van der Waals surface area contributed by atoms with Crippen molar-refractivity contribution in [2.45, 2.75) is 44.5 Å². The molecule has 2 atom stereocenters. The second-order valence-electron chi connectivity index (χ2n) is 12.3. The second kappa shape index (κ2) is 11.5. The molecule has 11 nitrogen and oxygen atoms in total. The van der Waals surface area contributed by atoms with Crippen LogP contribution < -0.4 is 14.4 Å². The molecule has 2 unspecified atom stereocenters. The summed E-state index contributed by atoms with van der Waals surface area (Å²) in [6.07, 6.45) is 10.2. The van der Waals surface area contributed by atoms with E-state index in [1.807, 2.05) is 36.8 Å². The Kier molecular flexibility index (Phi) is 7.31. The molecular weight excluding hydrogens is 568 g/mol. The van der Waals surface area contributed by atoms with Crippen LogP contribution in [0.15, 0.2) is 73.4 Å². The molecule has 8 heterocycles. The first kappa shape index (κ1) is 28.7. The quantitative estimate of drug-likeness (QED) is 0.260. The first-order valence-corrected chi connectivity index (χ1v) is 15.0. The van der Waals surface area contributed by atoms with Gasteiger partial charge in [0, 0.05) is 90.9 Å². The van der Waals surface area contributed by atoms with Crippen molar-refractivity contribution in [1.82, 2.24) is 29.5 Å². The third-order valence-corrected chi connectivity index (χ3v) is 8.47. The number of nitrogens with zero attached hydrogens (tertiary/aromatic N) is 8. The molecule has 45 heavy (non-hydrogen) atoms. The Bertz CT molecular complexity index is 1850. The average molecular weight is 603 g/mol. The number of ether oxygens (including phenoxy) is 2. The summed E-state index contributed by atoms with van der Waals surface area (Å²) in [6, 6.07) is 17.1. The van der Waals surface area contributed by atoms with Crippen molar-refractivity contribution >= 4 is 11.3 Å². The highest BCUT2D eigenvalue weighted by Crippen LogP contribution is 2.37. The fraction of sp³-hybridized carbons (Fsp3) is 0.324. The van der Waals surface area contributed by atoms with E-state index in [1.165, 1.54) is 12.0 Å². The lowest BCUT2D eigenvalue weighted by molar-refractivity contribution is -0.00876. The Balaban J connectivity index is 1.10. The lowest BCUT2D eigenvalue weighted by Crippen LogP contribution is -2.68. The van der Waals surface area contributed by atoms with Crippen LogP contribution in [0.1, 0.15) is 31.4 Å². The number of anilines is 1. The van der Waals surface area contributed by atoms with Gasteiger partial charge in [-0.15, -0.1) is 0 Å². The molecule has 0 aliphatic carbocycles. The number of aromatic nitrogens is 5. The summed E-state index contributed by atoms with van der Waals surface area (Å²) < 4.78 is 12.5. The smallest absolute Gasteiger partial charge is 0.213 e. The Hall–Kier alpha value is -5.05. The summed E-state index contributed by atoms with van der Waals surface area (Å²) in [5, 5.41) is 24.2. The van der Waals surface area contributed by atoms with E-state index in [-0.39, 0.29) is 6.61 Å². The van der Waals surface area contributed by atoms with Crippen LogP contribution in [0, 0.1) is 11.3 Å². The van der Waals surface area contributed by atoms with Crippen molar-refractivity contribution < 1.29 is 14.6 Å². The second-order valence-corrected chi connectivity index (χ2v) is 12.3. The minimum atomic E-state index is -0.951. The topological polar surface area (TPSA) is 125 Å². The SMILES string of the molecule is COc1ccc(CN2C3CC2CN(c2ccc(-c4cc(-c5ccc(OCC(C)(C)O)nc5)cn5ncc(C#N)c45)cn2)C3)cn1. The first-order valence-electron chi connectivity index (χ1n) is 15.0. The van der Waals surface area contributed by atoms with Crippen molar-refractivity contribution in [1.29, 1.82) is 5.26 Å². The first-order chi connectivity index (χ1) is 21.8. The highest BCUT2D eigenvalue weighted by molar-refractivity contribution is 5.87. The maximum Gasteiger partial charge on any atom is 0.213 e. The summed E-state index contributed by atoms with van der Waals surface area (Å²) in [4.78, 5) is 18.6. The van der Waals surface area contributed by atoms with Crippen LogP contribution in [0.25, 0.3) is 27.8 Å². The van der Waals surface area contributed by atoms with E-state index >= 15 is 0 Å². The van der Waals surface area contributed by atoms with Gasteiger partial charge in [0.2, 0.25) is 11.8 Å². The number of piperazine rings is 1. The monoisotopic (exact) mass is 602 g/mol. The van der Waals surface area contributed by atoms with Crippen LogP contribution in [0.4, 0.5) is 5.82 Å². The van der Waals surface area contributed by atoms with Gasteiger partial charge < -0.3 is 19.5 Å². The van der Waals surface area contributed by atoms with Crippen LogP contribution >= 0.6 is 0 Å². The molecule has 5 aromatic rings. The van der Waals surface area contributed by atoms with E-state index in [0.29, 0.717) is 29.4 Å². The van der Waals surface area contributed by atoms with Gasteiger partial charge in [0.1, 0.15) is 18.5 Å². The fourth-order valence-corrected chi connectivity index (χ4v) is 6.17. The van der Waals surface area contributed by atoms with Crippen LogP contribution in [0.3, 0.4) is 0 Å². The normalized spacial score (nSPS) is 18.0. The van der Waals surface area contributed by atoms with Crippen molar-refractivity contribution in [3.05, 3.63) is 84.6 Å². The van der Waals surface area contributed by atoms with Crippen LogP contribution in [0.5, 0.6) is 11.8 Å². The molecule has 0 radical (unpaired) electrons. The highest BCUT2D eigenvalue weighted by Gasteiger charge is 2.44. The number of nitriles is 1. The summed E-state index contributed by atoms with van der Waals surface area (Å²) in [5.74, 6) is 2.02. The summed E-state index contributed by atoms with van der Waals surface area (Å²) in [5.41, 5.74) is 4.99. The summed E-state index contributed by atoms with van der Waals surface area (Å²) >= 11 is 0. The highest BCUT2D eigenvalue weighted by atomic mass is 16.5. The summed E-state index contributed by atoms with van der Waals surface area (Å²) in [7, 11) is 1.63. The molecule has 2 bridgehead atoms. The molecule has 3 saturated heterocycles. The van der Waals surface area contributed by atoms with Crippen molar-refractivity contribution in [3.63, 3.8) is 0 Å². The predicted octanol–water partition coefficient (Wildman–Crippen LogP) is 4.35. The van der Waals surface area contributed by atoms with Crippen molar-refractivity contribution in [2.75, 3.05) is 31.7 Å². The van der Waals surface area contributed by atoms with Crippen LogP contribution in [-0.2, 0) is 6.54 Å². The van der Waals surface area contributed by atoms with Gasteiger partial charge in [0.25, 0.3) is 0 Å². The Morgan fingerprint density at radius 3 is 2.33 bits per heavy atom. The maximum absolute atomic E-state index is 9.95. The van der Waals surface area contributed by atoms with E-state index in [9.17, 15) is 10.4 Å². The molecule has 1 N–H and O–H groups in total. The predicted molar refractivity (Wildman–Crippen MR) is 169 cm³/mol. The van der Waals surface area contributed by atoms with E-state index in [1.54, 1.807) is 43.9 Å². The molecule has 11 heteroatoms. The number of hydrogen-bond donors (Lipinski definition) is 1. The molecule has 228 valence electrons. The van der Waals surface area contributed by atoms with E-state index in [0.717, 1.165) is 53.2 Å². The van der Waals surface area contributed by atoms with Gasteiger partial charge in [-0.3, -0.25) is 4.90 Å². The molecule has 3 aliphatic rings. The number of piperidine rings is 1.